The number of halogens is 4. The number of hydrogen-bond donors (Lipinski definition) is 3. The van der Waals surface area contributed by atoms with Gasteiger partial charge in [-0.1, -0.05) is 6.07 Å². The smallest absolute Gasteiger partial charge is 0.406 e. The highest BCUT2D eigenvalue weighted by molar-refractivity contribution is 7.80. The van der Waals surface area contributed by atoms with Crippen LogP contribution in [0.15, 0.2) is 73.1 Å². The lowest BCUT2D eigenvalue weighted by Gasteiger charge is -2.11. The third-order valence-electron chi connectivity index (χ3n) is 4.83. The van der Waals surface area contributed by atoms with Gasteiger partial charge < -0.3 is 15.4 Å². The molecular formula is C24H18F4N6O2S. The minimum absolute atomic E-state index is 0.0791. The van der Waals surface area contributed by atoms with Crippen LogP contribution in [0.25, 0.3) is 17.1 Å². The summed E-state index contributed by atoms with van der Waals surface area (Å²) in [6.45, 7) is 1.75. The summed E-state index contributed by atoms with van der Waals surface area (Å²) in [5.41, 5.74) is 2.45. The van der Waals surface area contributed by atoms with E-state index in [-0.39, 0.29) is 16.5 Å². The van der Waals surface area contributed by atoms with Gasteiger partial charge in [-0.25, -0.2) is 18.9 Å². The average Bonchev–Trinajstić information content (AvgIpc) is 3.31. The van der Waals surface area contributed by atoms with Crippen LogP contribution in [0.2, 0.25) is 0 Å². The predicted molar refractivity (Wildman–Crippen MR) is 133 cm³/mol. The lowest BCUT2D eigenvalue weighted by atomic mass is 10.2. The molecule has 1 heterocycles. The number of amides is 2. The van der Waals surface area contributed by atoms with E-state index in [1.165, 1.54) is 47.4 Å². The molecule has 4 aromatic rings. The molecule has 13 heteroatoms. The Balaban J connectivity index is 1.34. The van der Waals surface area contributed by atoms with Crippen molar-refractivity contribution in [3.8, 4) is 22.8 Å². The van der Waals surface area contributed by atoms with Crippen LogP contribution in [-0.4, -0.2) is 32.3 Å². The normalized spacial score (nSPS) is 11.1. The second-order valence-electron chi connectivity index (χ2n) is 7.65. The van der Waals surface area contributed by atoms with Crippen molar-refractivity contribution in [2.24, 2.45) is 0 Å². The van der Waals surface area contributed by atoms with Gasteiger partial charge in [-0.3, -0.25) is 5.32 Å². The first-order valence-electron chi connectivity index (χ1n) is 10.6. The molecule has 0 spiro atoms. The van der Waals surface area contributed by atoms with Crippen molar-refractivity contribution in [3.63, 3.8) is 0 Å². The molecule has 0 aliphatic heterocycles. The quantitative estimate of drug-likeness (QED) is 0.223. The number of urea groups is 1. The lowest BCUT2D eigenvalue weighted by molar-refractivity contribution is -0.274. The number of alkyl halides is 3. The van der Waals surface area contributed by atoms with Gasteiger partial charge in [-0.05, 0) is 85.4 Å². The van der Waals surface area contributed by atoms with Gasteiger partial charge in [0.15, 0.2) is 10.9 Å². The number of anilines is 2. The average molecular weight is 531 g/mol. The molecule has 0 saturated carbocycles. The Hall–Kier alpha value is -4.52. The first-order chi connectivity index (χ1) is 17.6. The Labute approximate surface area is 213 Å². The van der Waals surface area contributed by atoms with E-state index in [0.29, 0.717) is 22.8 Å². The van der Waals surface area contributed by atoms with E-state index in [1.807, 2.05) is 0 Å². The Bertz CT molecular complexity index is 1420. The van der Waals surface area contributed by atoms with Crippen molar-refractivity contribution in [2.75, 3.05) is 10.6 Å². The second kappa shape index (κ2) is 10.6. The zero-order chi connectivity index (χ0) is 26.6. The van der Waals surface area contributed by atoms with Gasteiger partial charge >= 0.3 is 12.4 Å². The molecule has 0 radical (unpaired) electrons. The monoisotopic (exact) mass is 530 g/mol. The molecule has 0 aliphatic rings. The third kappa shape index (κ3) is 7.01. The van der Waals surface area contributed by atoms with Crippen molar-refractivity contribution < 1.29 is 27.1 Å². The molecule has 0 atom stereocenters. The van der Waals surface area contributed by atoms with Crippen LogP contribution < -0.4 is 20.7 Å². The molecule has 4 rings (SSSR count). The minimum atomic E-state index is -4.77. The Morgan fingerprint density at radius 1 is 1.00 bits per heavy atom. The SMILES string of the molecule is Cc1ccc(NC(=S)NC(=O)Nc2ccc(-c3ncn(-c4ccc(OC(F)(F)F)cc4)n3)cc2)c(F)c1. The van der Waals surface area contributed by atoms with Gasteiger partial charge in [0.05, 0.1) is 11.4 Å². The number of nitrogens with zero attached hydrogens (tertiary/aromatic N) is 3. The highest BCUT2D eigenvalue weighted by Gasteiger charge is 2.31. The van der Waals surface area contributed by atoms with Crippen LogP contribution in [0.3, 0.4) is 0 Å². The maximum Gasteiger partial charge on any atom is 0.573 e. The van der Waals surface area contributed by atoms with E-state index in [4.69, 9.17) is 12.2 Å². The molecule has 0 saturated heterocycles. The summed E-state index contributed by atoms with van der Waals surface area (Å²) < 4.78 is 56.1. The second-order valence-corrected chi connectivity index (χ2v) is 8.06. The standard InChI is InChI=1S/C24H18F4N6O2S/c1-14-2-11-20(19(25)12-14)31-23(37)32-22(35)30-16-5-3-15(4-6-16)21-29-13-34(33-21)17-7-9-18(10-8-17)36-24(26,27)28/h2-13H,1H3,(H3,30,31,32,35,37). The fourth-order valence-electron chi connectivity index (χ4n) is 3.16. The van der Waals surface area contributed by atoms with E-state index in [1.54, 1.807) is 37.3 Å². The van der Waals surface area contributed by atoms with E-state index < -0.39 is 18.2 Å². The third-order valence-corrected chi connectivity index (χ3v) is 5.03. The van der Waals surface area contributed by atoms with E-state index in [0.717, 1.165) is 5.56 Å². The molecule has 1 aromatic heterocycles. The molecule has 2 amide bonds. The summed E-state index contributed by atoms with van der Waals surface area (Å²) in [4.78, 5) is 16.4. The van der Waals surface area contributed by atoms with Crippen molar-refractivity contribution in [1.82, 2.24) is 20.1 Å². The number of benzene rings is 3. The van der Waals surface area contributed by atoms with Gasteiger partial charge in [0, 0.05) is 11.3 Å². The topological polar surface area (TPSA) is 93.1 Å². The van der Waals surface area contributed by atoms with Crippen LogP contribution in [-0.2, 0) is 0 Å². The van der Waals surface area contributed by atoms with Crippen molar-refractivity contribution >= 4 is 34.7 Å². The number of thiocarbonyl (C=S) groups is 1. The number of carbonyl (C=O) groups excluding carboxylic acids is 1. The lowest BCUT2D eigenvalue weighted by Crippen LogP contribution is -2.37. The molecular weight excluding hydrogens is 512 g/mol. The van der Waals surface area contributed by atoms with Crippen molar-refractivity contribution in [1.29, 1.82) is 0 Å². The summed E-state index contributed by atoms with van der Waals surface area (Å²) in [7, 11) is 0. The largest absolute Gasteiger partial charge is 0.573 e. The van der Waals surface area contributed by atoms with Gasteiger partial charge in [-0.2, -0.15) is 0 Å². The zero-order valence-electron chi connectivity index (χ0n) is 19.0. The van der Waals surface area contributed by atoms with Crippen LogP contribution in [0, 0.1) is 12.7 Å². The first-order valence-corrected chi connectivity index (χ1v) is 11.0. The number of aryl methyl sites for hydroxylation is 1. The van der Waals surface area contributed by atoms with Crippen LogP contribution in [0.4, 0.5) is 33.7 Å². The van der Waals surface area contributed by atoms with Gasteiger partial charge in [0.2, 0.25) is 0 Å². The fourth-order valence-corrected chi connectivity index (χ4v) is 3.37. The Morgan fingerprint density at radius 2 is 1.70 bits per heavy atom. The van der Waals surface area contributed by atoms with Crippen LogP contribution >= 0.6 is 12.2 Å². The minimum Gasteiger partial charge on any atom is -0.406 e. The molecule has 3 N–H and O–H groups in total. The Kier molecular flexibility index (Phi) is 7.34. The molecule has 190 valence electrons. The number of rotatable bonds is 5. The Morgan fingerprint density at radius 3 is 2.35 bits per heavy atom. The number of nitrogens with one attached hydrogen (secondary N) is 3. The van der Waals surface area contributed by atoms with Crippen LogP contribution in [0.5, 0.6) is 5.75 Å². The van der Waals surface area contributed by atoms with Crippen LogP contribution in [0.1, 0.15) is 5.56 Å². The fraction of sp³-hybridized carbons (Fsp3) is 0.0833. The number of hydrogen-bond acceptors (Lipinski definition) is 5. The predicted octanol–water partition coefficient (Wildman–Crippen LogP) is 5.80. The van der Waals surface area contributed by atoms with Gasteiger partial charge in [-0.15, -0.1) is 18.3 Å². The summed E-state index contributed by atoms with van der Waals surface area (Å²) >= 11 is 5.05. The molecule has 0 unspecified atom stereocenters. The molecule has 0 aliphatic carbocycles. The molecule has 0 fully saturated rings. The summed E-state index contributed by atoms with van der Waals surface area (Å²) in [6, 6.07) is 15.7. The number of ether oxygens (including phenoxy) is 1. The maximum absolute atomic E-state index is 13.9. The summed E-state index contributed by atoms with van der Waals surface area (Å²) in [5, 5.41) is 11.9. The van der Waals surface area contributed by atoms with Gasteiger partial charge in [0.1, 0.15) is 17.9 Å². The first kappa shape index (κ1) is 25.6. The van der Waals surface area contributed by atoms with E-state index in [2.05, 4.69) is 30.8 Å². The van der Waals surface area contributed by atoms with Gasteiger partial charge in [0.25, 0.3) is 0 Å². The molecule has 37 heavy (non-hydrogen) atoms. The summed E-state index contributed by atoms with van der Waals surface area (Å²) in [5.74, 6) is -0.483. The molecule has 3 aromatic carbocycles. The van der Waals surface area contributed by atoms with E-state index >= 15 is 0 Å². The van der Waals surface area contributed by atoms with E-state index in [9.17, 15) is 22.4 Å². The number of carbonyl (C=O) groups is 1. The highest BCUT2D eigenvalue weighted by atomic mass is 32.1. The maximum atomic E-state index is 13.9. The summed E-state index contributed by atoms with van der Waals surface area (Å²) in [6.07, 6.45) is -3.35. The molecule has 0 bridgehead atoms. The van der Waals surface area contributed by atoms with Crippen molar-refractivity contribution in [2.45, 2.75) is 13.3 Å². The van der Waals surface area contributed by atoms with Crippen molar-refractivity contribution in [3.05, 3.63) is 84.4 Å². The molecule has 8 nitrogen and oxygen atoms in total. The number of aromatic nitrogens is 3. The highest BCUT2D eigenvalue weighted by Crippen LogP contribution is 2.24. The zero-order valence-corrected chi connectivity index (χ0v) is 19.8.